The predicted octanol–water partition coefficient (Wildman–Crippen LogP) is 7.19. The average Bonchev–Trinajstić information content (AvgIpc) is 2.95. The van der Waals surface area contributed by atoms with Crippen molar-refractivity contribution >= 4 is 30.1 Å². The number of hydrogen-bond acceptors (Lipinski definition) is 4. The van der Waals surface area contributed by atoms with Gasteiger partial charge in [0.05, 0.1) is 20.1 Å². The maximum Gasteiger partial charge on any atom is 0.248 e. The van der Waals surface area contributed by atoms with Gasteiger partial charge in [-0.05, 0) is 78.1 Å². The lowest BCUT2D eigenvalue weighted by Crippen LogP contribution is -2.10. The first-order valence-electron chi connectivity index (χ1n) is 13.0. The molecule has 0 bridgehead atoms. The highest BCUT2D eigenvalue weighted by molar-refractivity contribution is 6.02. The van der Waals surface area contributed by atoms with Crippen molar-refractivity contribution in [3.63, 3.8) is 0 Å². The van der Waals surface area contributed by atoms with Gasteiger partial charge in [0.15, 0.2) is 0 Å². The van der Waals surface area contributed by atoms with Gasteiger partial charge in [0.1, 0.15) is 11.5 Å². The van der Waals surface area contributed by atoms with Crippen LogP contribution >= 0.6 is 0 Å². The summed E-state index contributed by atoms with van der Waals surface area (Å²) in [5.74, 6) is 1.34. The fraction of sp³-hybridized carbons (Fsp3) is 0.250. The Bertz CT molecular complexity index is 1230. The first-order chi connectivity index (χ1) is 18.6. The van der Waals surface area contributed by atoms with Gasteiger partial charge < -0.3 is 20.1 Å². The van der Waals surface area contributed by atoms with Crippen LogP contribution < -0.4 is 20.1 Å². The van der Waals surface area contributed by atoms with Crippen LogP contribution in [0.4, 0.5) is 5.69 Å². The molecule has 3 aromatic rings. The Morgan fingerprint density at radius 2 is 1.68 bits per heavy atom. The minimum absolute atomic E-state index is 0.221. The third-order valence-electron chi connectivity index (χ3n) is 5.69. The SMILES string of the molecule is CCCCOc1ccc(-c2ccc(OC)c(/C=C/C(=O)Nc3ccc(/C=C/N=C\NCCC)cc3)c2)cc1. The van der Waals surface area contributed by atoms with E-state index < -0.39 is 0 Å². The molecular formula is C32H37N3O3. The molecule has 2 N–H and O–H groups in total. The van der Waals surface area contributed by atoms with Crippen molar-refractivity contribution in [2.45, 2.75) is 33.1 Å². The van der Waals surface area contributed by atoms with Crippen LogP contribution in [0.1, 0.15) is 44.2 Å². The monoisotopic (exact) mass is 511 g/mol. The second kappa shape index (κ2) is 15.7. The van der Waals surface area contributed by atoms with Crippen molar-refractivity contribution in [3.05, 3.63) is 90.1 Å². The maximum atomic E-state index is 12.6. The Balaban J connectivity index is 1.61. The maximum absolute atomic E-state index is 12.6. The fourth-order valence-electron chi connectivity index (χ4n) is 3.58. The molecule has 0 aromatic heterocycles. The summed E-state index contributed by atoms with van der Waals surface area (Å²) >= 11 is 0. The molecule has 0 saturated heterocycles. The van der Waals surface area contributed by atoms with Crippen LogP contribution in [0.25, 0.3) is 23.3 Å². The number of benzene rings is 3. The van der Waals surface area contributed by atoms with E-state index in [0.717, 1.165) is 60.4 Å². The molecule has 0 unspecified atom stereocenters. The van der Waals surface area contributed by atoms with E-state index in [4.69, 9.17) is 9.47 Å². The molecule has 6 nitrogen and oxygen atoms in total. The van der Waals surface area contributed by atoms with E-state index in [1.54, 1.807) is 25.7 Å². The predicted molar refractivity (Wildman–Crippen MR) is 159 cm³/mol. The van der Waals surface area contributed by atoms with E-state index in [-0.39, 0.29) is 5.91 Å². The molecule has 0 saturated carbocycles. The molecule has 0 atom stereocenters. The Labute approximate surface area is 226 Å². The summed E-state index contributed by atoms with van der Waals surface area (Å²) in [5, 5.41) is 5.99. The van der Waals surface area contributed by atoms with Gasteiger partial charge in [0.2, 0.25) is 5.91 Å². The van der Waals surface area contributed by atoms with E-state index in [2.05, 4.69) is 29.5 Å². The Hall–Kier alpha value is -4.32. The number of methoxy groups -OCH3 is 1. The molecule has 0 aliphatic carbocycles. The number of aliphatic imine (C=N–C) groups is 1. The van der Waals surface area contributed by atoms with Gasteiger partial charge in [-0.1, -0.05) is 50.6 Å². The summed E-state index contributed by atoms with van der Waals surface area (Å²) in [6.45, 7) is 5.88. The van der Waals surface area contributed by atoms with Gasteiger partial charge >= 0.3 is 0 Å². The molecule has 0 spiro atoms. The summed E-state index contributed by atoms with van der Waals surface area (Å²) in [5.41, 5.74) is 4.62. The first-order valence-corrected chi connectivity index (χ1v) is 13.0. The second-order valence-electron chi connectivity index (χ2n) is 8.68. The van der Waals surface area contributed by atoms with Crippen molar-refractivity contribution in [1.82, 2.24) is 5.32 Å². The molecule has 1 amide bonds. The molecule has 3 aromatic carbocycles. The second-order valence-corrected chi connectivity index (χ2v) is 8.68. The van der Waals surface area contributed by atoms with E-state index in [0.29, 0.717) is 11.4 Å². The number of nitrogens with zero attached hydrogens (tertiary/aromatic N) is 1. The van der Waals surface area contributed by atoms with Crippen molar-refractivity contribution in [1.29, 1.82) is 0 Å². The van der Waals surface area contributed by atoms with Gasteiger partial charge in [0.25, 0.3) is 0 Å². The highest BCUT2D eigenvalue weighted by Crippen LogP contribution is 2.29. The quantitative estimate of drug-likeness (QED) is 0.104. The molecule has 0 aliphatic heterocycles. The van der Waals surface area contributed by atoms with E-state index in [1.807, 2.05) is 72.8 Å². The summed E-state index contributed by atoms with van der Waals surface area (Å²) in [6.07, 6.45) is 11.8. The lowest BCUT2D eigenvalue weighted by molar-refractivity contribution is -0.111. The van der Waals surface area contributed by atoms with E-state index in [1.165, 1.54) is 6.08 Å². The lowest BCUT2D eigenvalue weighted by Gasteiger charge is -2.10. The summed E-state index contributed by atoms with van der Waals surface area (Å²) in [6, 6.07) is 21.6. The fourth-order valence-corrected chi connectivity index (χ4v) is 3.58. The molecule has 3 rings (SSSR count). The topological polar surface area (TPSA) is 72.0 Å². The highest BCUT2D eigenvalue weighted by Gasteiger charge is 2.06. The summed E-state index contributed by atoms with van der Waals surface area (Å²) in [4.78, 5) is 16.7. The number of nitrogens with one attached hydrogen (secondary N) is 2. The van der Waals surface area contributed by atoms with Gasteiger partial charge in [0, 0.05) is 30.1 Å². The molecule has 198 valence electrons. The molecule has 0 aliphatic rings. The number of ether oxygens (including phenoxy) is 2. The Morgan fingerprint density at radius 3 is 2.39 bits per heavy atom. The summed E-state index contributed by atoms with van der Waals surface area (Å²) < 4.78 is 11.3. The van der Waals surface area contributed by atoms with Crippen LogP contribution in [0.5, 0.6) is 11.5 Å². The number of anilines is 1. The number of carbonyl (C=O) groups is 1. The van der Waals surface area contributed by atoms with Crippen molar-refractivity contribution in [3.8, 4) is 22.6 Å². The number of rotatable bonds is 14. The van der Waals surface area contributed by atoms with Gasteiger partial charge in [-0.3, -0.25) is 4.79 Å². The smallest absolute Gasteiger partial charge is 0.248 e. The van der Waals surface area contributed by atoms with Crippen molar-refractivity contribution in [2.24, 2.45) is 4.99 Å². The standard InChI is InChI=1S/C32H37N3O3/c1-4-6-22-38-30-15-9-26(10-16-30)27-11-17-31(37-3)28(23-27)12-18-32(36)35-29-13-7-25(8-14-29)19-21-34-24-33-20-5-2/h7-19,21,23-24H,4-6,20,22H2,1-3H3,(H,33,34)(H,35,36)/b18-12+,21-19+. The van der Waals surface area contributed by atoms with E-state index in [9.17, 15) is 4.79 Å². The minimum atomic E-state index is -0.221. The zero-order valence-electron chi connectivity index (χ0n) is 22.4. The highest BCUT2D eigenvalue weighted by atomic mass is 16.5. The van der Waals surface area contributed by atoms with Crippen LogP contribution in [0.15, 0.2) is 84.0 Å². The normalized spacial score (nSPS) is 11.3. The van der Waals surface area contributed by atoms with Crippen LogP contribution in [-0.4, -0.2) is 32.5 Å². The van der Waals surface area contributed by atoms with Gasteiger partial charge in [-0.15, -0.1) is 0 Å². The Kier molecular flexibility index (Phi) is 11.7. The zero-order valence-corrected chi connectivity index (χ0v) is 22.4. The van der Waals surface area contributed by atoms with Crippen molar-refractivity contribution in [2.75, 3.05) is 25.6 Å². The lowest BCUT2D eigenvalue weighted by atomic mass is 10.0. The third kappa shape index (κ3) is 9.28. The van der Waals surface area contributed by atoms with Crippen molar-refractivity contribution < 1.29 is 14.3 Å². The molecule has 0 fully saturated rings. The average molecular weight is 512 g/mol. The van der Waals surface area contributed by atoms with Crippen LogP contribution in [0, 0.1) is 0 Å². The van der Waals surface area contributed by atoms with E-state index >= 15 is 0 Å². The summed E-state index contributed by atoms with van der Waals surface area (Å²) in [7, 11) is 1.62. The Morgan fingerprint density at radius 1 is 0.921 bits per heavy atom. The molecule has 38 heavy (non-hydrogen) atoms. The van der Waals surface area contributed by atoms with Gasteiger partial charge in [-0.25, -0.2) is 4.99 Å². The number of hydrogen-bond donors (Lipinski definition) is 2. The molecular weight excluding hydrogens is 474 g/mol. The third-order valence-corrected chi connectivity index (χ3v) is 5.69. The minimum Gasteiger partial charge on any atom is -0.496 e. The number of carbonyl (C=O) groups excluding carboxylic acids is 1. The number of unbranched alkanes of at least 4 members (excludes halogenated alkanes) is 1. The molecule has 0 radical (unpaired) electrons. The van der Waals surface area contributed by atoms with Crippen LogP contribution in [-0.2, 0) is 4.79 Å². The molecule has 6 heteroatoms. The van der Waals surface area contributed by atoms with Crippen LogP contribution in [0.3, 0.4) is 0 Å². The zero-order chi connectivity index (χ0) is 27.0. The molecule has 0 heterocycles. The van der Waals surface area contributed by atoms with Crippen LogP contribution in [0.2, 0.25) is 0 Å². The number of amides is 1. The largest absolute Gasteiger partial charge is 0.496 e. The van der Waals surface area contributed by atoms with Gasteiger partial charge in [-0.2, -0.15) is 0 Å². The first kappa shape index (κ1) is 28.3.